The van der Waals surface area contributed by atoms with Crippen molar-refractivity contribution in [2.24, 2.45) is 0 Å². The molecular weight excluding hydrogens is 341 g/mol. The number of aryl methyl sites for hydroxylation is 1. The summed E-state index contributed by atoms with van der Waals surface area (Å²) >= 11 is 3.06. The minimum atomic E-state index is -1.12. The molecule has 21 heavy (non-hydrogen) atoms. The molecule has 108 valence electrons. The van der Waals surface area contributed by atoms with Gasteiger partial charge in [0.2, 0.25) is 0 Å². The summed E-state index contributed by atoms with van der Waals surface area (Å²) in [6.45, 7) is 1.73. The Balaban J connectivity index is 2.28. The van der Waals surface area contributed by atoms with Crippen LogP contribution in [0.15, 0.2) is 40.9 Å². The van der Waals surface area contributed by atoms with Crippen molar-refractivity contribution < 1.29 is 19.1 Å². The van der Waals surface area contributed by atoms with Gasteiger partial charge in [-0.15, -0.1) is 0 Å². The van der Waals surface area contributed by atoms with Crippen LogP contribution in [0.5, 0.6) is 0 Å². The quantitative estimate of drug-likeness (QED) is 0.882. The lowest BCUT2D eigenvalue weighted by atomic mass is 10.1. The molecule has 4 nitrogen and oxygen atoms in total. The average Bonchev–Trinajstić information content (AvgIpc) is 2.44. The van der Waals surface area contributed by atoms with Crippen molar-refractivity contribution in [1.82, 2.24) is 0 Å². The molecule has 2 aromatic carbocycles. The highest BCUT2D eigenvalue weighted by Gasteiger charge is 2.12. The largest absolute Gasteiger partial charge is 0.478 e. The molecule has 0 atom stereocenters. The second kappa shape index (κ2) is 6.05. The number of amides is 1. The Hall–Kier alpha value is -2.21. The normalized spacial score (nSPS) is 10.2. The summed E-state index contributed by atoms with van der Waals surface area (Å²) in [5.41, 5.74) is 1.23. The molecule has 2 aromatic rings. The fourth-order valence-electron chi connectivity index (χ4n) is 1.77. The minimum Gasteiger partial charge on any atom is -0.478 e. The fraction of sp³-hybridized carbons (Fsp3) is 0.0667. The summed E-state index contributed by atoms with van der Waals surface area (Å²) in [6.07, 6.45) is 0. The fourth-order valence-corrected chi connectivity index (χ4v) is 2.23. The van der Waals surface area contributed by atoms with Gasteiger partial charge in [0.25, 0.3) is 5.91 Å². The Kier molecular flexibility index (Phi) is 4.37. The molecule has 6 heteroatoms. The number of rotatable bonds is 3. The molecule has 0 aliphatic heterocycles. The molecule has 0 aromatic heterocycles. The highest BCUT2D eigenvalue weighted by molar-refractivity contribution is 9.10. The van der Waals surface area contributed by atoms with Crippen molar-refractivity contribution in [2.75, 3.05) is 5.32 Å². The molecule has 2 rings (SSSR count). The number of hydrogen-bond acceptors (Lipinski definition) is 2. The van der Waals surface area contributed by atoms with Crippen LogP contribution < -0.4 is 5.32 Å². The second-order valence-electron chi connectivity index (χ2n) is 4.42. The van der Waals surface area contributed by atoms with Crippen LogP contribution >= 0.6 is 15.9 Å². The maximum absolute atomic E-state index is 13.5. The minimum absolute atomic E-state index is 0.0151. The molecule has 0 saturated carbocycles. The summed E-state index contributed by atoms with van der Waals surface area (Å²) < 4.78 is 13.8. The molecule has 0 saturated heterocycles. The van der Waals surface area contributed by atoms with E-state index in [1.165, 1.54) is 30.3 Å². The van der Waals surface area contributed by atoms with Gasteiger partial charge in [-0.1, -0.05) is 6.07 Å². The van der Waals surface area contributed by atoms with E-state index >= 15 is 0 Å². The predicted octanol–water partition coefficient (Wildman–Crippen LogP) is 3.85. The number of halogens is 2. The van der Waals surface area contributed by atoms with E-state index in [-0.39, 0.29) is 11.1 Å². The Morgan fingerprint density at radius 2 is 1.86 bits per heavy atom. The Morgan fingerprint density at radius 1 is 1.19 bits per heavy atom. The monoisotopic (exact) mass is 351 g/mol. The van der Waals surface area contributed by atoms with Gasteiger partial charge >= 0.3 is 5.97 Å². The highest BCUT2D eigenvalue weighted by Crippen LogP contribution is 2.24. The van der Waals surface area contributed by atoms with Crippen LogP contribution in [-0.2, 0) is 0 Å². The Bertz CT molecular complexity index is 731. The lowest BCUT2D eigenvalue weighted by molar-refractivity contribution is 0.0697. The summed E-state index contributed by atoms with van der Waals surface area (Å²) in [5, 5.41) is 11.5. The van der Waals surface area contributed by atoms with Crippen LogP contribution in [0.2, 0.25) is 0 Å². The van der Waals surface area contributed by atoms with E-state index in [9.17, 15) is 14.0 Å². The third-order valence-electron chi connectivity index (χ3n) is 2.89. The summed E-state index contributed by atoms with van der Waals surface area (Å²) in [4.78, 5) is 23.0. The van der Waals surface area contributed by atoms with Gasteiger partial charge in [-0.25, -0.2) is 9.18 Å². The molecule has 0 aliphatic rings. The van der Waals surface area contributed by atoms with E-state index in [2.05, 4.69) is 21.2 Å². The maximum Gasteiger partial charge on any atom is 0.335 e. The van der Waals surface area contributed by atoms with Crippen molar-refractivity contribution in [3.63, 3.8) is 0 Å². The van der Waals surface area contributed by atoms with Gasteiger partial charge < -0.3 is 10.4 Å². The molecule has 0 spiro atoms. The van der Waals surface area contributed by atoms with Gasteiger partial charge in [0.1, 0.15) is 5.82 Å². The van der Waals surface area contributed by atoms with Gasteiger partial charge in [-0.3, -0.25) is 4.79 Å². The Morgan fingerprint density at radius 3 is 2.52 bits per heavy atom. The van der Waals surface area contributed by atoms with E-state index in [0.717, 1.165) is 0 Å². The first-order valence-corrected chi connectivity index (χ1v) is 6.78. The summed E-state index contributed by atoms with van der Waals surface area (Å²) in [5.74, 6) is -2.10. The molecular formula is C15H11BrFNO3. The lowest BCUT2D eigenvalue weighted by Gasteiger charge is -2.10. The van der Waals surface area contributed by atoms with Crippen LogP contribution in [0.4, 0.5) is 10.1 Å². The number of carboxylic acids is 1. The van der Waals surface area contributed by atoms with E-state index in [4.69, 9.17) is 5.11 Å². The standard InChI is InChI=1S/C15H11BrFNO3/c1-8-5-11(16)12(17)7-13(8)18-14(19)9-3-2-4-10(6-9)15(20)21/h2-7H,1H3,(H,18,19)(H,20,21). The zero-order valence-electron chi connectivity index (χ0n) is 11.0. The zero-order valence-corrected chi connectivity index (χ0v) is 12.6. The molecule has 0 unspecified atom stereocenters. The number of carbonyl (C=O) groups is 2. The first-order chi connectivity index (χ1) is 9.88. The molecule has 0 radical (unpaired) electrons. The van der Waals surface area contributed by atoms with Crippen molar-refractivity contribution in [2.45, 2.75) is 6.92 Å². The first kappa shape index (κ1) is 15.2. The number of aromatic carboxylic acids is 1. The number of carboxylic acid groups (broad SMARTS) is 1. The summed E-state index contributed by atoms with van der Waals surface area (Å²) in [6, 6.07) is 8.39. The topological polar surface area (TPSA) is 66.4 Å². The van der Waals surface area contributed by atoms with E-state index in [1.54, 1.807) is 13.0 Å². The van der Waals surface area contributed by atoms with E-state index in [0.29, 0.717) is 15.7 Å². The molecule has 1 amide bonds. The van der Waals surface area contributed by atoms with Gasteiger partial charge in [0, 0.05) is 11.3 Å². The highest BCUT2D eigenvalue weighted by atomic mass is 79.9. The number of nitrogens with one attached hydrogen (secondary N) is 1. The maximum atomic E-state index is 13.5. The molecule has 0 fully saturated rings. The number of anilines is 1. The summed E-state index contributed by atoms with van der Waals surface area (Å²) in [7, 11) is 0. The van der Waals surface area contributed by atoms with Crippen molar-refractivity contribution in [1.29, 1.82) is 0 Å². The van der Waals surface area contributed by atoms with Crippen molar-refractivity contribution in [3.05, 3.63) is 63.4 Å². The first-order valence-electron chi connectivity index (χ1n) is 5.99. The second-order valence-corrected chi connectivity index (χ2v) is 5.28. The van der Waals surface area contributed by atoms with Crippen LogP contribution in [0, 0.1) is 12.7 Å². The van der Waals surface area contributed by atoms with Crippen LogP contribution in [0.25, 0.3) is 0 Å². The predicted molar refractivity (Wildman–Crippen MR) is 80.2 cm³/mol. The van der Waals surface area contributed by atoms with Gasteiger partial charge in [0.05, 0.1) is 10.0 Å². The van der Waals surface area contributed by atoms with Crippen molar-refractivity contribution in [3.8, 4) is 0 Å². The average molecular weight is 352 g/mol. The Labute approximate surface area is 128 Å². The molecule has 2 N–H and O–H groups in total. The third-order valence-corrected chi connectivity index (χ3v) is 3.49. The van der Waals surface area contributed by atoms with Crippen LogP contribution in [-0.4, -0.2) is 17.0 Å². The molecule has 0 bridgehead atoms. The number of carbonyl (C=O) groups excluding carboxylic acids is 1. The van der Waals surface area contributed by atoms with E-state index < -0.39 is 17.7 Å². The smallest absolute Gasteiger partial charge is 0.335 e. The van der Waals surface area contributed by atoms with Crippen molar-refractivity contribution >= 4 is 33.5 Å². The zero-order chi connectivity index (χ0) is 15.6. The van der Waals surface area contributed by atoms with E-state index in [1.807, 2.05) is 0 Å². The van der Waals surface area contributed by atoms with Gasteiger partial charge in [-0.05, 0) is 58.7 Å². The lowest BCUT2D eigenvalue weighted by Crippen LogP contribution is -2.14. The molecule has 0 heterocycles. The number of hydrogen-bond donors (Lipinski definition) is 2. The SMILES string of the molecule is Cc1cc(Br)c(F)cc1NC(=O)c1cccc(C(=O)O)c1. The van der Waals surface area contributed by atoms with Crippen LogP contribution in [0.1, 0.15) is 26.3 Å². The van der Waals surface area contributed by atoms with Gasteiger partial charge in [0.15, 0.2) is 0 Å². The molecule has 0 aliphatic carbocycles. The van der Waals surface area contributed by atoms with Gasteiger partial charge in [-0.2, -0.15) is 0 Å². The number of benzene rings is 2. The van der Waals surface area contributed by atoms with Crippen LogP contribution in [0.3, 0.4) is 0 Å². The third kappa shape index (κ3) is 3.46.